The van der Waals surface area contributed by atoms with E-state index >= 15 is 0 Å². The number of amides is 1. The summed E-state index contributed by atoms with van der Waals surface area (Å²) in [6, 6.07) is 14.7. The largest absolute Gasteiger partial charge is 0.438 e. The average Bonchev–Trinajstić information content (AvgIpc) is 3.53. The van der Waals surface area contributed by atoms with Gasteiger partial charge in [-0.05, 0) is 91.0 Å². The number of nitrogens with one attached hydrogen (secondary N) is 4. The van der Waals surface area contributed by atoms with Gasteiger partial charge >= 0.3 is 5.76 Å². The van der Waals surface area contributed by atoms with Gasteiger partial charge < -0.3 is 20.9 Å². The van der Waals surface area contributed by atoms with Crippen LogP contribution < -0.4 is 21.7 Å². The molecule has 4 N–H and O–H groups in total. The van der Waals surface area contributed by atoms with E-state index in [1.807, 2.05) is 31.3 Å². The molecule has 2 fully saturated rings. The predicted molar refractivity (Wildman–Crippen MR) is 168 cm³/mol. The van der Waals surface area contributed by atoms with Crippen LogP contribution in [0, 0.1) is 17.2 Å². The number of H-pyrrole nitrogens is 1. The van der Waals surface area contributed by atoms with Crippen LogP contribution in [0.2, 0.25) is 0 Å². The van der Waals surface area contributed by atoms with Crippen molar-refractivity contribution in [3.63, 3.8) is 0 Å². The van der Waals surface area contributed by atoms with Gasteiger partial charge in [0.2, 0.25) is 0 Å². The molecule has 10 nitrogen and oxygen atoms in total. The van der Waals surface area contributed by atoms with Crippen molar-refractivity contribution in [2.75, 3.05) is 20.6 Å². The molecule has 44 heavy (non-hydrogen) atoms. The van der Waals surface area contributed by atoms with Crippen LogP contribution in [0.15, 0.2) is 64.6 Å². The predicted octanol–water partition coefficient (Wildman–Crippen LogP) is 3.21. The van der Waals surface area contributed by atoms with Crippen LogP contribution in [0.3, 0.4) is 0 Å². The molecule has 1 saturated carbocycles. The molecule has 10 heteroatoms. The van der Waals surface area contributed by atoms with E-state index in [4.69, 9.17) is 4.52 Å². The number of benzene rings is 2. The highest BCUT2D eigenvalue weighted by Gasteiger charge is 2.52. The van der Waals surface area contributed by atoms with Crippen LogP contribution in [-0.4, -0.2) is 59.7 Å². The fourth-order valence-corrected chi connectivity index (χ4v) is 7.39. The Morgan fingerprint density at radius 3 is 2.43 bits per heavy atom. The summed E-state index contributed by atoms with van der Waals surface area (Å²) in [4.78, 5) is 30.2. The van der Waals surface area contributed by atoms with Crippen LogP contribution in [-0.2, 0) is 18.3 Å². The summed E-state index contributed by atoms with van der Waals surface area (Å²) >= 11 is 0. The van der Waals surface area contributed by atoms with Gasteiger partial charge in [-0.1, -0.05) is 36.5 Å². The van der Waals surface area contributed by atoms with Crippen LogP contribution in [0.5, 0.6) is 0 Å². The van der Waals surface area contributed by atoms with E-state index in [-0.39, 0.29) is 18.0 Å². The maximum absolute atomic E-state index is 12.7. The van der Waals surface area contributed by atoms with Crippen LogP contribution in [0.1, 0.15) is 70.2 Å². The quantitative estimate of drug-likeness (QED) is 0.281. The first-order chi connectivity index (χ1) is 21.2. The standard InChI is InChI=1S/C34H39N7O3/c1-19(38-18-20(2)41-27(17-35)14-26-15-30(26)41)16-34(32-39-33(43)44-40-32)28-10-8-22(21(3)36-4)12-23(28)6-7-24-13-25(31(42)37-5)9-11-29(24)34/h8-13,19,26-27,30,36,38H,2-3,6-7,14-16,18H2,1,4-5H3,(H,37,42)(H,39,40,43)/t19-,26+,27?,30-,34?/m0/s1. The SMILES string of the molecule is C=C(NC)c1ccc2c(c1)CCc1cc(C(=O)NC)ccc1C2(C[C@H](C)NCC(=C)N1C(C#N)C[C@@H]2C[C@@H]21)c1noc(=O)[nH]1. The highest BCUT2D eigenvalue weighted by Crippen LogP contribution is 2.49. The molecule has 228 valence electrons. The summed E-state index contributed by atoms with van der Waals surface area (Å²) in [5.74, 6) is 0.228. The van der Waals surface area contributed by atoms with E-state index in [2.05, 4.69) is 69.3 Å². The Morgan fingerprint density at radius 1 is 1.14 bits per heavy atom. The van der Waals surface area contributed by atoms with Crippen molar-refractivity contribution < 1.29 is 9.32 Å². The third-order valence-electron chi connectivity index (χ3n) is 9.66. The lowest BCUT2D eigenvalue weighted by Crippen LogP contribution is -2.42. The van der Waals surface area contributed by atoms with Crippen molar-refractivity contribution in [3.8, 4) is 6.07 Å². The Morgan fingerprint density at radius 2 is 1.82 bits per heavy atom. The highest BCUT2D eigenvalue weighted by atomic mass is 16.5. The zero-order valence-electron chi connectivity index (χ0n) is 25.5. The molecule has 0 radical (unpaired) electrons. The number of likely N-dealkylation sites (tertiary alicyclic amines) is 1. The summed E-state index contributed by atoms with van der Waals surface area (Å²) in [5.41, 5.74) is 6.46. The van der Waals surface area contributed by atoms with Crippen LogP contribution >= 0.6 is 0 Å². The number of aromatic amines is 1. The lowest BCUT2D eigenvalue weighted by molar-refractivity contribution is 0.0963. The van der Waals surface area contributed by atoms with Gasteiger partial charge in [0, 0.05) is 49.7 Å². The smallest absolute Gasteiger partial charge is 0.388 e. The number of aromatic nitrogens is 2. The number of rotatable bonds is 10. The van der Waals surface area contributed by atoms with Gasteiger partial charge in [-0.25, -0.2) is 4.79 Å². The second-order valence-corrected chi connectivity index (χ2v) is 12.3. The number of piperidine rings is 1. The van der Waals surface area contributed by atoms with E-state index in [1.54, 1.807) is 7.05 Å². The molecule has 2 aromatic carbocycles. The Labute approximate surface area is 257 Å². The molecular weight excluding hydrogens is 554 g/mol. The van der Waals surface area contributed by atoms with Gasteiger partial charge in [0.05, 0.1) is 11.5 Å². The Kier molecular flexibility index (Phi) is 7.68. The lowest BCUT2D eigenvalue weighted by atomic mass is 9.67. The first-order valence-electron chi connectivity index (χ1n) is 15.2. The molecule has 0 bridgehead atoms. The van der Waals surface area contributed by atoms with Crippen molar-refractivity contribution in [1.29, 1.82) is 5.26 Å². The zero-order valence-corrected chi connectivity index (χ0v) is 25.5. The number of nitriles is 1. The first kappa shape index (κ1) is 29.5. The summed E-state index contributed by atoms with van der Waals surface area (Å²) in [5, 5.41) is 23.5. The van der Waals surface area contributed by atoms with Crippen molar-refractivity contribution in [3.05, 3.63) is 105 Å². The number of carbonyl (C=O) groups excluding carboxylic acids is 1. The Balaban J connectivity index is 1.43. The van der Waals surface area contributed by atoms with E-state index in [0.717, 1.165) is 58.5 Å². The van der Waals surface area contributed by atoms with Gasteiger partial charge in [0.1, 0.15) is 6.04 Å². The highest BCUT2D eigenvalue weighted by molar-refractivity contribution is 5.94. The Bertz CT molecular complexity index is 1660. The molecule has 1 saturated heterocycles. The third-order valence-corrected chi connectivity index (χ3v) is 9.66. The van der Waals surface area contributed by atoms with Gasteiger partial charge in [-0.3, -0.25) is 14.3 Å². The third kappa shape index (κ3) is 5.01. The molecule has 6 rings (SSSR count). The Hall–Kier alpha value is -4.62. The molecule has 1 amide bonds. The van der Waals surface area contributed by atoms with Gasteiger partial charge in [0.25, 0.3) is 5.91 Å². The van der Waals surface area contributed by atoms with Gasteiger partial charge in [0.15, 0.2) is 5.82 Å². The van der Waals surface area contributed by atoms with E-state index in [1.165, 1.54) is 0 Å². The molecule has 3 aromatic rings. The van der Waals surface area contributed by atoms with E-state index < -0.39 is 11.2 Å². The van der Waals surface area contributed by atoms with E-state index in [9.17, 15) is 14.9 Å². The summed E-state index contributed by atoms with van der Waals surface area (Å²) in [6.07, 6.45) is 3.98. The maximum atomic E-state index is 12.7. The minimum Gasteiger partial charge on any atom is -0.388 e. The fraction of sp³-hybridized carbons (Fsp3) is 0.412. The molecule has 2 unspecified atom stereocenters. The average molecular weight is 594 g/mol. The zero-order chi connectivity index (χ0) is 31.2. The second-order valence-electron chi connectivity index (χ2n) is 12.3. The maximum Gasteiger partial charge on any atom is 0.438 e. The molecule has 5 atom stereocenters. The van der Waals surface area contributed by atoms with Gasteiger partial charge in [-0.2, -0.15) is 5.26 Å². The molecule has 2 heterocycles. The van der Waals surface area contributed by atoms with Crippen molar-refractivity contribution in [1.82, 2.24) is 31.0 Å². The minimum atomic E-state index is -0.897. The lowest BCUT2D eigenvalue weighted by Gasteiger charge is -2.37. The van der Waals surface area contributed by atoms with E-state index in [0.29, 0.717) is 42.7 Å². The number of nitrogens with zero attached hydrogens (tertiary/aromatic N) is 3. The first-order valence-corrected chi connectivity index (χ1v) is 15.2. The molecule has 0 spiro atoms. The van der Waals surface area contributed by atoms with Crippen LogP contribution in [0.4, 0.5) is 0 Å². The monoisotopic (exact) mass is 593 g/mol. The number of fused-ring (bicyclic) bond motifs is 3. The van der Waals surface area contributed by atoms with Gasteiger partial charge in [-0.15, -0.1) is 0 Å². The molecule has 2 aliphatic carbocycles. The minimum absolute atomic E-state index is 0.0746. The van der Waals surface area contributed by atoms with Crippen molar-refractivity contribution in [2.24, 2.45) is 5.92 Å². The number of hydrogen-bond donors (Lipinski definition) is 4. The summed E-state index contributed by atoms with van der Waals surface area (Å²) in [6.45, 7) is 11.2. The normalized spacial score (nSPS) is 23.8. The molecule has 1 aliphatic heterocycles. The van der Waals surface area contributed by atoms with Crippen LogP contribution in [0.25, 0.3) is 5.70 Å². The summed E-state index contributed by atoms with van der Waals surface area (Å²) < 4.78 is 5.14. The number of hydrogen-bond acceptors (Lipinski definition) is 8. The second kappa shape index (κ2) is 11.5. The van der Waals surface area contributed by atoms with Crippen molar-refractivity contribution in [2.45, 2.75) is 62.6 Å². The summed E-state index contributed by atoms with van der Waals surface area (Å²) in [7, 11) is 3.47. The number of aryl methyl sites for hydroxylation is 2. The number of carbonyl (C=O) groups is 1. The fourth-order valence-electron chi connectivity index (χ4n) is 7.39. The molecule has 1 aromatic heterocycles. The van der Waals surface area contributed by atoms with Crippen molar-refractivity contribution >= 4 is 11.6 Å². The molecular formula is C34H39N7O3. The topological polar surface area (TPSA) is 139 Å². The molecule has 3 aliphatic rings.